The lowest BCUT2D eigenvalue weighted by Crippen LogP contribution is -2.09. The molecule has 0 saturated carbocycles. The van der Waals surface area contributed by atoms with Crippen molar-refractivity contribution < 1.29 is 9.52 Å². The highest BCUT2D eigenvalue weighted by Gasteiger charge is 2.16. The first-order valence-electron chi connectivity index (χ1n) is 7.63. The Morgan fingerprint density at radius 3 is 2.04 bits per heavy atom. The molecule has 0 unspecified atom stereocenters. The van der Waals surface area contributed by atoms with Gasteiger partial charge in [0.15, 0.2) is 5.76 Å². The first-order chi connectivity index (χ1) is 11.4. The summed E-state index contributed by atoms with van der Waals surface area (Å²) in [6, 6.07) is 12.8. The van der Waals surface area contributed by atoms with Crippen LogP contribution in [0.4, 0.5) is 11.4 Å². The summed E-state index contributed by atoms with van der Waals surface area (Å²) in [4.78, 5) is 16.4. The Hall–Kier alpha value is -2.95. The first-order valence-corrected chi connectivity index (χ1v) is 7.63. The Kier molecular flexibility index (Phi) is 3.93. The highest BCUT2D eigenvalue weighted by atomic mass is 16.4. The van der Waals surface area contributed by atoms with E-state index in [1.807, 2.05) is 68.3 Å². The zero-order valence-corrected chi connectivity index (χ0v) is 14.2. The number of anilines is 2. The first kappa shape index (κ1) is 15.9. The van der Waals surface area contributed by atoms with Gasteiger partial charge in [-0.15, -0.1) is 0 Å². The van der Waals surface area contributed by atoms with E-state index in [1.165, 1.54) is 0 Å². The van der Waals surface area contributed by atoms with Crippen LogP contribution in [0.1, 0.15) is 0 Å². The summed E-state index contributed by atoms with van der Waals surface area (Å²) in [5.41, 5.74) is 2.64. The van der Waals surface area contributed by atoms with Crippen LogP contribution in [0.15, 0.2) is 51.7 Å². The molecular weight excluding hydrogens is 304 g/mol. The van der Waals surface area contributed by atoms with Crippen LogP contribution in [0.25, 0.3) is 22.3 Å². The molecule has 1 aromatic heterocycles. The molecule has 24 heavy (non-hydrogen) atoms. The third kappa shape index (κ3) is 2.69. The molecule has 0 bridgehead atoms. The molecule has 0 saturated heterocycles. The number of rotatable bonds is 3. The van der Waals surface area contributed by atoms with Crippen LogP contribution in [-0.2, 0) is 0 Å². The summed E-state index contributed by atoms with van der Waals surface area (Å²) < 4.78 is 5.86. The smallest absolute Gasteiger partial charge is 0.235 e. The maximum atomic E-state index is 12.4. The summed E-state index contributed by atoms with van der Waals surface area (Å²) in [5.74, 6) is -0.175. The predicted molar refractivity (Wildman–Crippen MR) is 98.2 cm³/mol. The second-order valence-electron chi connectivity index (χ2n) is 6.13. The van der Waals surface area contributed by atoms with Crippen molar-refractivity contribution in [2.24, 2.45) is 0 Å². The molecule has 2 aromatic carbocycles. The lowest BCUT2D eigenvalue weighted by atomic mass is 10.1. The lowest BCUT2D eigenvalue weighted by Gasteiger charge is -2.14. The van der Waals surface area contributed by atoms with Gasteiger partial charge in [-0.1, -0.05) is 0 Å². The van der Waals surface area contributed by atoms with E-state index in [0.29, 0.717) is 16.5 Å². The van der Waals surface area contributed by atoms with Crippen LogP contribution >= 0.6 is 0 Å². The van der Waals surface area contributed by atoms with Gasteiger partial charge in [0, 0.05) is 51.2 Å². The summed E-state index contributed by atoms with van der Waals surface area (Å²) in [6.45, 7) is 0. The van der Waals surface area contributed by atoms with Crippen LogP contribution in [0, 0.1) is 0 Å². The molecule has 0 radical (unpaired) electrons. The van der Waals surface area contributed by atoms with Gasteiger partial charge >= 0.3 is 0 Å². The van der Waals surface area contributed by atoms with E-state index in [2.05, 4.69) is 0 Å². The zero-order valence-electron chi connectivity index (χ0n) is 14.2. The van der Waals surface area contributed by atoms with Gasteiger partial charge < -0.3 is 19.3 Å². The molecule has 124 valence electrons. The monoisotopic (exact) mass is 324 g/mol. The van der Waals surface area contributed by atoms with Crippen molar-refractivity contribution >= 4 is 22.3 Å². The Bertz CT molecular complexity index is 941. The Morgan fingerprint density at radius 1 is 0.875 bits per heavy atom. The van der Waals surface area contributed by atoms with Crippen molar-refractivity contribution in [1.82, 2.24) is 0 Å². The van der Waals surface area contributed by atoms with Crippen LogP contribution in [-0.4, -0.2) is 33.3 Å². The number of hydrogen-bond donors (Lipinski definition) is 1. The molecular formula is C19H20N2O3. The molecule has 0 aliphatic carbocycles. The SMILES string of the molecule is CN(C)c1ccc(-c2oc3cc(N(C)C)ccc3c(=O)c2O)cc1. The second-order valence-corrected chi connectivity index (χ2v) is 6.13. The maximum Gasteiger partial charge on any atom is 0.235 e. The average molecular weight is 324 g/mol. The largest absolute Gasteiger partial charge is 0.502 e. The van der Waals surface area contributed by atoms with Crippen LogP contribution in [0.5, 0.6) is 5.75 Å². The number of hydrogen-bond acceptors (Lipinski definition) is 5. The minimum atomic E-state index is -0.423. The van der Waals surface area contributed by atoms with E-state index in [1.54, 1.807) is 12.1 Å². The van der Waals surface area contributed by atoms with Gasteiger partial charge in [-0.3, -0.25) is 4.79 Å². The van der Waals surface area contributed by atoms with Crippen molar-refractivity contribution in [2.45, 2.75) is 0 Å². The minimum absolute atomic E-state index is 0.189. The van der Waals surface area contributed by atoms with Gasteiger partial charge in [0.25, 0.3) is 0 Å². The van der Waals surface area contributed by atoms with E-state index in [0.717, 1.165) is 11.4 Å². The molecule has 0 spiro atoms. The van der Waals surface area contributed by atoms with E-state index in [9.17, 15) is 9.90 Å². The van der Waals surface area contributed by atoms with Crippen molar-refractivity contribution in [3.05, 3.63) is 52.7 Å². The predicted octanol–water partition coefficient (Wildman–Crippen LogP) is 3.30. The van der Waals surface area contributed by atoms with Crippen molar-refractivity contribution in [3.8, 4) is 17.1 Å². The fraction of sp³-hybridized carbons (Fsp3) is 0.211. The molecule has 0 fully saturated rings. The van der Waals surface area contributed by atoms with Gasteiger partial charge in [-0.25, -0.2) is 0 Å². The van der Waals surface area contributed by atoms with E-state index in [4.69, 9.17) is 4.42 Å². The van der Waals surface area contributed by atoms with Crippen molar-refractivity contribution in [1.29, 1.82) is 0 Å². The molecule has 0 atom stereocenters. The second kappa shape index (κ2) is 5.92. The Morgan fingerprint density at radius 2 is 1.46 bits per heavy atom. The van der Waals surface area contributed by atoms with E-state index >= 15 is 0 Å². The third-order valence-electron chi connectivity index (χ3n) is 4.01. The highest BCUT2D eigenvalue weighted by molar-refractivity contribution is 5.84. The number of benzene rings is 2. The van der Waals surface area contributed by atoms with Gasteiger partial charge in [-0.05, 0) is 36.4 Å². The van der Waals surface area contributed by atoms with Crippen molar-refractivity contribution in [3.63, 3.8) is 0 Å². The summed E-state index contributed by atoms with van der Waals surface area (Å²) >= 11 is 0. The molecule has 0 amide bonds. The molecule has 3 aromatic rings. The fourth-order valence-corrected chi connectivity index (χ4v) is 2.56. The number of fused-ring (bicyclic) bond motifs is 1. The number of aromatic hydroxyl groups is 1. The van der Waals surface area contributed by atoms with E-state index < -0.39 is 5.43 Å². The van der Waals surface area contributed by atoms with Crippen LogP contribution in [0.3, 0.4) is 0 Å². The van der Waals surface area contributed by atoms with Crippen LogP contribution in [0.2, 0.25) is 0 Å². The molecule has 5 heteroatoms. The van der Waals surface area contributed by atoms with Crippen molar-refractivity contribution in [2.75, 3.05) is 38.0 Å². The molecule has 5 nitrogen and oxygen atoms in total. The Labute approximate surface area is 140 Å². The molecule has 3 rings (SSSR count). The summed E-state index contributed by atoms with van der Waals surface area (Å²) in [7, 11) is 7.73. The topological polar surface area (TPSA) is 56.9 Å². The molecule has 1 heterocycles. The maximum absolute atomic E-state index is 12.4. The average Bonchev–Trinajstić information content (AvgIpc) is 2.57. The molecule has 0 aliphatic heterocycles. The Balaban J connectivity index is 2.20. The van der Waals surface area contributed by atoms with Gasteiger partial charge in [0.1, 0.15) is 5.58 Å². The summed E-state index contributed by atoms with van der Waals surface area (Å²) in [5, 5.41) is 10.6. The van der Waals surface area contributed by atoms with Gasteiger partial charge in [-0.2, -0.15) is 0 Å². The minimum Gasteiger partial charge on any atom is -0.502 e. The van der Waals surface area contributed by atoms with Crippen LogP contribution < -0.4 is 15.2 Å². The number of nitrogens with zero attached hydrogens (tertiary/aromatic N) is 2. The quantitative estimate of drug-likeness (QED) is 0.801. The molecule has 0 aliphatic rings. The van der Waals surface area contributed by atoms with Gasteiger partial charge in [0.2, 0.25) is 11.2 Å². The fourth-order valence-electron chi connectivity index (χ4n) is 2.56. The lowest BCUT2D eigenvalue weighted by molar-refractivity contribution is 0.449. The van der Waals surface area contributed by atoms with Gasteiger partial charge in [0.05, 0.1) is 5.39 Å². The standard InChI is InChI=1S/C19H20N2O3/c1-20(2)13-7-5-12(6-8-13)19-18(23)17(22)15-10-9-14(21(3)4)11-16(15)24-19/h5-11,23H,1-4H3. The zero-order chi connectivity index (χ0) is 17.4. The third-order valence-corrected chi connectivity index (χ3v) is 4.01. The molecule has 1 N–H and O–H groups in total. The highest BCUT2D eigenvalue weighted by Crippen LogP contribution is 2.32. The van der Waals surface area contributed by atoms with E-state index in [-0.39, 0.29) is 11.5 Å². The normalized spacial score (nSPS) is 10.8. The summed E-state index contributed by atoms with van der Waals surface area (Å²) in [6.07, 6.45) is 0.